The van der Waals surface area contributed by atoms with Gasteiger partial charge in [-0.05, 0) is 46.9 Å². The third-order valence-corrected chi connectivity index (χ3v) is 6.24. The number of oxime groups is 1. The molecule has 3 atom stereocenters. The van der Waals surface area contributed by atoms with Crippen LogP contribution in [0.4, 0.5) is 10.2 Å². The minimum Gasteiger partial charge on any atom is -0.409 e. The molecule has 156 valence electrons. The Morgan fingerprint density at radius 3 is 3.07 bits per heavy atom. The van der Waals surface area contributed by atoms with Gasteiger partial charge in [0.25, 0.3) is 0 Å². The summed E-state index contributed by atoms with van der Waals surface area (Å²) in [4.78, 5) is 4.12. The van der Waals surface area contributed by atoms with Crippen LogP contribution in [0.5, 0.6) is 0 Å². The molecule has 0 aliphatic heterocycles. The lowest BCUT2D eigenvalue weighted by molar-refractivity contribution is 0.219. The molecule has 1 aliphatic carbocycles. The van der Waals surface area contributed by atoms with Crippen molar-refractivity contribution in [1.82, 2.24) is 10.3 Å². The highest BCUT2D eigenvalue weighted by atomic mass is 32.2. The van der Waals surface area contributed by atoms with Crippen molar-refractivity contribution in [2.45, 2.75) is 25.4 Å². The van der Waals surface area contributed by atoms with E-state index in [1.54, 1.807) is 6.07 Å². The molecule has 0 spiro atoms. The van der Waals surface area contributed by atoms with Gasteiger partial charge in [0.2, 0.25) is 11.7 Å². The van der Waals surface area contributed by atoms with Gasteiger partial charge in [-0.3, -0.25) is 4.78 Å². The van der Waals surface area contributed by atoms with Gasteiger partial charge in [-0.15, -0.1) is 0 Å². The molecule has 0 saturated carbocycles. The van der Waals surface area contributed by atoms with Crippen LogP contribution in [0.15, 0.2) is 33.0 Å². The molecule has 1 aliphatic rings. The summed E-state index contributed by atoms with van der Waals surface area (Å²) >= 11 is 0. The molecule has 0 radical (unpaired) electrons. The Morgan fingerprint density at radius 2 is 2.34 bits per heavy atom. The minimum atomic E-state index is -2.95. The fraction of sp³-hybridized carbons (Fsp3) is 0.412. The first-order valence-corrected chi connectivity index (χ1v) is 10.7. The van der Waals surface area contributed by atoms with Crippen molar-refractivity contribution in [1.29, 1.82) is 4.78 Å². The molecule has 2 aromatic rings. The van der Waals surface area contributed by atoms with E-state index in [1.807, 2.05) is 0 Å². The van der Waals surface area contributed by atoms with Gasteiger partial charge in [0.15, 0.2) is 5.69 Å². The van der Waals surface area contributed by atoms with E-state index in [4.69, 9.17) is 4.78 Å². The van der Waals surface area contributed by atoms with Crippen LogP contribution < -0.4 is 5.32 Å². The zero-order chi connectivity index (χ0) is 21.0. The number of fused-ring (bicyclic) bond motifs is 1. The maximum Gasteiger partial charge on any atom is 0.224 e. The van der Waals surface area contributed by atoms with Gasteiger partial charge in [-0.1, -0.05) is 11.2 Å². The molecule has 10 nitrogen and oxygen atoms in total. The predicted molar refractivity (Wildman–Crippen MR) is 105 cm³/mol. The number of rotatable bonds is 8. The number of halogens is 1. The smallest absolute Gasteiger partial charge is 0.224 e. The fourth-order valence-corrected chi connectivity index (χ4v) is 4.38. The van der Waals surface area contributed by atoms with Crippen LogP contribution in [-0.4, -0.2) is 61.0 Å². The number of aliphatic hydroxyl groups excluding tert-OH is 1. The lowest BCUT2D eigenvalue weighted by Crippen LogP contribution is -2.23. The van der Waals surface area contributed by atoms with E-state index >= 15 is 0 Å². The molecule has 1 aromatic carbocycles. The first-order valence-electron chi connectivity index (χ1n) is 8.82. The molecule has 3 rings (SSSR count). The molecule has 0 saturated heterocycles. The lowest BCUT2D eigenvalue weighted by Gasteiger charge is -2.26. The number of benzene rings is 1. The Labute approximate surface area is 166 Å². The van der Waals surface area contributed by atoms with Crippen LogP contribution in [0.1, 0.15) is 29.7 Å². The summed E-state index contributed by atoms with van der Waals surface area (Å²) in [5, 5.41) is 31.8. The number of aliphatic imine (C=N–C) groups is 1. The van der Waals surface area contributed by atoms with E-state index < -0.39 is 15.8 Å². The van der Waals surface area contributed by atoms with Crippen LogP contribution in [-0.2, 0) is 16.1 Å². The lowest BCUT2D eigenvalue weighted by atomic mass is 9.78. The van der Waals surface area contributed by atoms with Gasteiger partial charge in [0.05, 0.1) is 11.9 Å². The second kappa shape index (κ2) is 8.66. The number of aliphatic hydroxyl groups is 1. The van der Waals surface area contributed by atoms with Gasteiger partial charge in [-0.2, -0.15) is 0 Å². The van der Waals surface area contributed by atoms with Crippen molar-refractivity contribution in [2.75, 3.05) is 23.4 Å². The number of aromatic nitrogens is 2. The number of anilines is 1. The summed E-state index contributed by atoms with van der Waals surface area (Å²) in [6.45, 7) is 1.58. The SMILES string of the molecule is CC(O)CS(=N)(=O)CCNc1nonc1/C(N=CC1Cc2ccc(F)cc21)=N\O. The molecule has 1 aromatic heterocycles. The van der Waals surface area contributed by atoms with Gasteiger partial charge in [0, 0.05) is 34.2 Å². The molecular weight excluding hydrogens is 403 g/mol. The van der Waals surface area contributed by atoms with E-state index in [9.17, 15) is 18.9 Å². The Kier molecular flexibility index (Phi) is 6.23. The number of nitrogens with zero attached hydrogens (tertiary/aromatic N) is 4. The van der Waals surface area contributed by atoms with Gasteiger partial charge in [0.1, 0.15) is 5.82 Å². The Hall–Kier alpha value is -2.86. The van der Waals surface area contributed by atoms with Crippen LogP contribution in [0.3, 0.4) is 0 Å². The molecule has 0 amide bonds. The van der Waals surface area contributed by atoms with E-state index in [0.29, 0.717) is 6.42 Å². The highest BCUT2D eigenvalue weighted by molar-refractivity contribution is 7.92. The highest BCUT2D eigenvalue weighted by Gasteiger charge is 2.25. The van der Waals surface area contributed by atoms with E-state index in [1.165, 1.54) is 25.3 Å². The molecule has 12 heteroatoms. The number of hydrogen-bond acceptors (Lipinski definition) is 9. The summed E-state index contributed by atoms with van der Waals surface area (Å²) in [5.74, 6) is -0.635. The summed E-state index contributed by atoms with van der Waals surface area (Å²) in [5.41, 5.74) is 1.90. The van der Waals surface area contributed by atoms with Crippen LogP contribution >= 0.6 is 0 Å². The third-order valence-electron chi connectivity index (χ3n) is 4.35. The Bertz CT molecular complexity index is 1030. The van der Waals surface area contributed by atoms with Gasteiger partial charge >= 0.3 is 0 Å². The average Bonchev–Trinajstić information content (AvgIpc) is 3.08. The third kappa shape index (κ3) is 5.15. The maximum absolute atomic E-state index is 13.4. The highest BCUT2D eigenvalue weighted by Crippen LogP contribution is 2.34. The minimum absolute atomic E-state index is 0.0243. The molecule has 3 unspecified atom stereocenters. The van der Waals surface area contributed by atoms with Crippen LogP contribution in [0.25, 0.3) is 0 Å². The predicted octanol–water partition coefficient (Wildman–Crippen LogP) is 1.59. The Balaban J connectivity index is 1.64. The molecular formula is C17H21FN6O4S. The second-order valence-electron chi connectivity index (χ2n) is 6.78. The maximum atomic E-state index is 13.4. The zero-order valence-corrected chi connectivity index (χ0v) is 16.4. The first kappa shape index (κ1) is 20.9. The van der Waals surface area contributed by atoms with Crippen molar-refractivity contribution in [3.05, 3.63) is 40.8 Å². The van der Waals surface area contributed by atoms with Crippen LogP contribution in [0.2, 0.25) is 0 Å². The first-order chi connectivity index (χ1) is 13.8. The Morgan fingerprint density at radius 1 is 1.55 bits per heavy atom. The molecule has 0 fully saturated rings. The van der Waals surface area contributed by atoms with Crippen molar-refractivity contribution < 1.29 is 23.5 Å². The fourth-order valence-electron chi connectivity index (χ4n) is 3.00. The zero-order valence-electron chi connectivity index (χ0n) is 15.6. The standard InChI is InChI=1S/C17H21FN6O4S/c1-10(25)9-29(19,27)5-4-20-17-15(23-28-24-17)16(22-26)21-8-12-6-11-2-3-13(18)7-14(11)12/h2-3,7-8,10,12,19,25-26H,4-6,9H2,1H3,(H,20,24)/b21-8?,22-16+. The number of hydrogen-bond donors (Lipinski definition) is 4. The van der Waals surface area contributed by atoms with E-state index in [2.05, 4.69) is 30.4 Å². The molecule has 4 N–H and O–H groups in total. The van der Waals surface area contributed by atoms with E-state index in [-0.39, 0.29) is 47.1 Å². The molecule has 0 bridgehead atoms. The summed E-state index contributed by atoms with van der Waals surface area (Å²) in [7, 11) is -2.95. The number of nitrogens with one attached hydrogen (secondary N) is 2. The van der Waals surface area contributed by atoms with Crippen molar-refractivity contribution in [3.8, 4) is 0 Å². The summed E-state index contributed by atoms with van der Waals surface area (Å²) < 4.78 is 37.8. The summed E-state index contributed by atoms with van der Waals surface area (Å²) in [6.07, 6.45) is 1.40. The van der Waals surface area contributed by atoms with E-state index in [0.717, 1.165) is 11.1 Å². The average molecular weight is 424 g/mol. The van der Waals surface area contributed by atoms with Gasteiger partial charge < -0.3 is 15.6 Å². The van der Waals surface area contributed by atoms with Crippen LogP contribution in [0, 0.1) is 10.6 Å². The quantitative estimate of drug-likeness (QED) is 0.217. The largest absolute Gasteiger partial charge is 0.409 e. The molecule has 29 heavy (non-hydrogen) atoms. The number of amidine groups is 1. The topological polar surface area (TPSA) is 157 Å². The van der Waals surface area contributed by atoms with Crippen molar-refractivity contribution in [2.24, 2.45) is 10.1 Å². The monoisotopic (exact) mass is 424 g/mol. The second-order valence-corrected chi connectivity index (χ2v) is 9.14. The molecule has 1 heterocycles. The normalized spacial score (nSPS) is 19.4. The van der Waals surface area contributed by atoms with Crippen molar-refractivity contribution in [3.63, 3.8) is 0 Å². The van der Waals surface area contributed by atoms with Gasteiger partial charge in [-0.25, -0.2) is 18.2 Å². The van der Waals surface area contributed by atoms with Crippen molar-refractivity contribution >= 4 is 27.6 Å². The summed E-state index contributed by atoms with van der Waals surface area (Å²) in [6, 6.07) is 4.57.